The summed E-state index contributed by atoms with van der Waals surface area (Å²) in [5, 5.41) is 4.96. The van der Waals surface area contributed by atoms with Gasteiger partial charge in [-0.2, -0.15) is 0 Å². The Morgan fingerprint density at radius 1 is 1.69 bits per heavy atom. The number of hydrogen-bond donors (Lipinski definition) is 1. The Morgan fingerprint density at radius 3 is 3.25 bits per heavy atom. The molecule has 16 heavy (non-hydrogen) atoms. The predicted molar refractivity (Wildman–Crippen MR) is 64.9 cm³/mol. The van der Waals surface area contributed by atoms with E-state index in [0.29, 0.717) is 6.61 Å². The summed E-state index contributed by atoms with van der Waals surface area (Å²) in [7, 11) is 0. The van der Waals surface area contributed by atoms with E-state index < -0.39 is 0 Å². The van der Waals surface area contributed by atoms with E-state index >= 15 is 0 Å². The fourth-order valence-electron chi connectivity index (χ4n) is 1.87. The van der Waals surface area contributed by atoms with Crippen LogP contribution >= 0.6 is 22.9 Å². The molecule has 0 aliphatic carbocycles. The zero-order valence-corrected chi connectivity index (χ0v) is 10.4. The molecule has 1 fully saturated rings. The average molecular weight is 260 g/mol. The van der Waals surface area contributed by atoms with E-state index in [9.17, 15) is 4.79 Å². The Labute approximate surface area is 104 Å². The van der Waals surface area contributed by atoms with Crippen molar-refractivity contribution < 1.29 is 9.53 Å². The molecule has 0 spiro atoms. The maximum atomic E-state index is 11.2. The molecule has 0 radical (unpaired) electrons. The summed E-state index contributed by atoms with van der Waals surface area (Å²) in [5.74, 6) is -0.0698. The first-order valence-electron chi connectivity index (χ1n) is 5.30. The highest BCUT2D eigenvalue weighted by Gasteiger charge is 2.25. The van der Waals surface area contributed by atoms with E-state index in [2.05, 4.69) is 11.4 Å². The summed E-state index contributed by atoms with van der Waals surface area (Å²) >= 11 is 7.16. The molecule has 1 aliphatic rings. The zero-order valence-electron chi connectivity index (χ0n) is 8.82. The fourth-order valence-corrected chi connectivity index (χ4v) is 2.73. The predicted octanol–water partition coefficient (Wildman–Crippen LogP) is 2.32. The minimum Gasteiger partial charge on any atom is -0.373 e. The van der Waals surface area contributed by atoms with Crippen molar-refractivity contribution in [1.82, 2.24) is 5.32 Å². The van der Waals surface area contributed by atoms with Gasteiger partial charge in [0.25, 0.3) is 0 Å². The molecule has 2 rings (SSSR count). The van der Waals surface area contributed by atoms with E-state index in [0.717, 1.165) is 12.8 Å². The number of nitrogens with one attached hydrogen (secondary N) is 1. The molecule has 3 nitrogen and oxygen atoms in total. The molecule has 2 unspecified atom stereocenters. The third-order valence-corrected chi connectivity index (χ3v) is 3.84. The third kappa shape index (κ3) is 2.97. The second-order valence-electron chi connectivity index (χ2n) is 3.80. The summed E-state index contributed by atoms with van der Waals surface area (Å²) in [5.41, 5.74) is 0. The van der Waals surface area contributed by atoms with Gasteiger partial charge >= 0.3 is 0 Å². The van der Waals surface area contributed by atoms with Crippen LogP contribution in [0.5, 0.6) is 0 Å². The molecule has 2 heterocycles. The van der Waals surface area contributed by atoms with Gasteiger partial charge in [0.15, 0.2) is 0 Å². The number of rotatable bonds is 3. The van der Waals surface area contributed by atoms with E-state index in [1.165, 1.54) is 4.88 Å². The zero-order chi connectivity index (χ0) is 11.4. The normalized spacial score (nSPS) is 25.3. The minimum atomic E-state index is -0.0986. The van der Waals surface area contributed by atoms with E-state index in [1.54, 1.807) is 11.3 Å². The molecular formula is C11H14ClNO2S. The Hall–Kier alpha value is -0.580. The molecule has 1 aromatic rings. The smallest absolute Gasteiger partial charge is 0.235 e. The Morgan fingerprint density at radius 2 is 2.56 bits per heavy atom. The van der Waals surface area contributed by atoms with Crippen LogP contribution in [0.1, 0.15) is 23.8 Å². The van der Waals surface area contributed by atoms with Crippen LogP contribution < -0.4 is 5.32 Å². The van der Waals surface area contributed by atoms with Gasteiger partial charge in [0.2, 0.25) is 5.91 Å². The largest absolute Gasteiger partial charge is 0.373 e. The summed E-state index contributed by atoms with van der Waals surface area (Å²) in [6.07, 6.45) is 1.82. The fraction of sp³-hybridized carbons (Fsp3) is 0.545. The van der Waals surface area contributed by atoms with Crippen LogP contribution in [-0.2, 0) is 9.53 Å². The highest BCUT2D eigenvalue weighted by atomic mass is 35.5. The number of halogens is 1. The molecular weight excluding hydrogens is 246 g/mol. The molecule has 1 aromatic heterocycles. The number of hydrogen-bond acceptors (Lipinski definition) is 3. The quantitative estimate of drug-likeness (QED) is 0.846. The molecule has 0 saturated carbocycles. The minimum absolute atomic E-state index is 0.0288. The van der Waals surface area contributed by atoms with Gasteiger partial charge in [-0.1, -0.05) is 6.07 Å². The van der Waals surface area contributed by atoms with Crippen molar-refractivity contribution in [1.29, 1.82) is 0 Å². The average Bonchev–Trinajstić information content (AvgIpc) is 2.83. The molecule has 1 saturated heterocycles. The number of alkyl halides is 1. The van der Waals surface area contributed by atoms with Crippen LogP contribution in [0.15, 0.2) is 17.5 Å². The van der Waals surface area contributed by atoms with E-state index in [4.69, 9.17) is 16.3 Å². The lowest BCUT2D eigenvalue weighted by Gasteiger charge is -2.29. The van der Waals surface area contributed by atoms with Crippen molar-refractivity contribution in [2.75, 3.05) is 12.5 Å². The number of carbonyl (C=O) groups excluding carboxylic acids is 1. The highest BCUT2D eigenvalue weighted by molar-refractivity contribution is 7.10. The molecule has 2 atom stereocenters. The number of ether oxygens (including phenoxy) is 1. The monoisotopic (exact) mass is 259 g/mol. The van der Waals surface area contributed by atoms with Crippen molar-refractivity contribution in [3.63, 3.8) is 0 Å². The Balaban J connectivity index is 1.91. The van der Waals surface area contributed by atoms with Crippen LogP contribution in [0, 0.1) is 0 Å². The first kappa shape index (κ1) is 11.9. The van der Waals surface area contributed by atoms with Gasteiger partial charge in [-0.25, -0.2) is 0 Å². The van der Waals surface area contributed by atoms with E-state index in [-0.39, 0.29) is 23.9 Å². The van der Waals surface area contributed by atoms with Crippen LogP contribution in [0.25, 0.3) is 0 Å². The maximum Gasteiger partial charge on any atom is 0.235 e. The third-order valence-electron chi connectivity index (χ3n) is 2.63. The van der Waals surface area contributed by atoms with Crippen molar-refractivity contribution in [3.05, 3.63) is 22.4 Å². The van der Waals surface area contributed by atoms with Crippen LogP contribution in [0.2, 0.25) is 0 Å². The molecule has 88 valence electrons. The molecule has 1 N–H and O–H groups in total. The molecule has 1 amide bonds. The van der Waals surface area contributed by atoms with Crippen LogP contribution in [0.3, 0.4) is 0 Å². The summed E-state index contributed by atoms with van der Waals surface area (Å²) in [6, 6.07) is 4.28. The first-order valence-corrected chi connectivity index (χ1v) is 6.71. The Kier molecular flexibility index (Phi) is 4.21. The van der Waals surface area contributed by atoms with Crippen molar-refractivity contribution in [2.45, 2.75) is 25.0 Å². The van der Waals surface area contributed by atoms with Crippen LogP contribution in [-0.4, -0.2) is 24.4 Å². The summed E-state index contributed by atoms with van der Waals surface area (Å²) < 4.78 is 5.69. The van der Waals surface area contributed by atoms with Gasteiger partial charge in [0.05, 0.1) is 6.10 Å². The summed E-state index contributed by atoms with van der Waals surface area (Å²) in [4.78, 5) is 12.4. The van der Waals surface area contributed by atoms with Crippen molar-refractivity contribution >= 4 is 28.8 Å². The molecule has 5 heteroatoms. The van der Waals surface area contributed by atoms with Crippen molar-refractivity contribution in [2.24, 2.45) is 0 Å². The topological polar surface area (TPSA) is 38.3 Å². The summed E-state index contributed by atoms with van der Waals surface area (Å²) in [6.45, 7) is 0.690. The molecule has 1 aliphatic heterocycles. The standard InChI is InChI=1S/C11H14ClNO2S/c12-7-11(14)13-8-3-4-15-9(6-8)10-2-1-5-16-10/h1-2,5,8-9H,3-4,6-7H2,(H,13,14). The van der Waals surface area contributed by atoms with Crippen molar-refractivity contribution in [3.8, 4) is 0 Å². The Bertz CT molecular complexity index is 342. The van der Waals surface area contributed by atoms with Gasteiger partial charge in [-0.15, -0.1) is 22.9 Å². The lowest BCUT2D eigenvalue weighted by atomic mass is 10.0. The number of amides is 1. The van der Waals surface area contributed by atoms with E-state index in [1.807, 2.05) is 11.4 Å². The first-order chi connectivity index (χ1) is 7.79. The molecule has 0 aromatic carbocycles. The second kappa shape index (κ2) is 5.66. The molecule has 0 bridgehead atoms. The highest BCUT2D eigenvalue weighted by Crippen LogP contribution is 2.30. The lowest BCUT2D eigenvalue weighted by molar-refractivity contribution is -0.120. The van der Waals surface area contributed by atoms with Crippen LogP contribution in [0.4, 0.5) is 0 Å². The number of thiophene rings is 1. The number of carbonyl (C=O) groups is 1. The van der Waals surface area contributed by atoms with Gasteiger partial charge in [0.1, 0.15) is 5.88 Å². The maximum absolute atomic E-state index is 11.2. The van der Waals surface area contributed by atoms with Gasteiger partial charge in [0, 0.05) is 17.5 Å². The second-order valence-corrected chi connectivity index (χ2v) is 5.04. The van der Waals surface area contributed by atoms with Gasteiger partial charge in [-0.05, 0) is 24.3 Å². The van der Waals surface area contributed by atoms with Gasteiger partial charge in [-0.3, -0.25) is 4.79 Å². The van der Waals surface area contributed by atoms with Gasteiger partial charge < -0.3 is 10.1 Å². The lowest BCUT2D eigenvalue weighted by Crippen LogP contribution is -2.40. The SMILES string of the molecule is O=C(CCl)NC1CCOC(c2cccs2)C1.